The number of nitrogens with one attached hydrogen (secondary N) is 1. The average Bonchev–Trinajstić information content (AvgIpc) is 2.67. The van der Waals surface area contributed by atoms with Gasteiger partial charge in [0.25, 0.3) is 5.17 Å². The smallest absolute Gasteiger partial charge is 0.266 e. The molecule has 3 nitrogen and oxygen atoms in total. The molecule has 0 saturated heterocycles. The predicted octanol–water partition coefficient (Wildman–Crippen LogP) is 5.63. The summed E-state index contributed by atoms with van der Waals surface area (Å²) in [5.74, 6) is 1.09. The number of aryl methyl sites for hydroxylation is 2. The first-order chi connectivity index (χ1) is 13.1. The molecule has 0 amide bonds. The second-order valence-corrected chi connectivity index (χ2v) is 6.77. The first-order valence-electron chi connectivity index (χ1n) is 9.00. The first-order valence-corrected chi connectivity index (χ1v) is 9.41. The average molecular weight is 378 g/mol. The molecule has 2 N–H and O–H groups in total. The lowest BCUT2D eigenvalue weighted by atomic mass is 9.98. The van der Waals surface area contributed by atoms with Gasteiger partial charge in [-0.2, -0.15) is 0 Å². The van der Waals surface area contributed by atoms with Crippen LogP contribution in [0.1, 0.15) is 29.2 Å². The van der Waals surface area contributed by atoms with Gasteiger partial charge in [-0.1, -0.05) is 61.5 Å². The highest BCUT2D eigenvalue weighted by Gasteiger charge is 2.13. The number of hydrogen-bond acceptors (Lipinski definition) is 3. The molecule has 27 heavy (non-hydrogen) atoms. The Kier molecular flexibility index (Phi) is 6.09. The molecule has 0 radical (unpaired) electrons. The molecular formula is C23H23NO2S. The van der Waals surface area contributed by atoms with E-state index in [0.29, 0.717) is 17.3 Å². The van der Waals surface area contributed by atoms with E-state index in [9.17, 15) is 5.11 Å². The number of para-hydroxylation sites is 3. The van der Waals surface area contributed by atoms with Crippen LogP contribution in [0.5, 0.6) is 11.5 Å². The summed E-state index contributed by atoms with van der Waals surface area (Å²) in [7, 11) is 0. The van der Waals surface area contributed by atoms with Crippen LogP contribution < -0.4 is 10.1 Å². The van der Waals surface area contributed by atoms with Crippen molar-refractivity contribution in [2.75, 3.05) is 5.32 Å². The SMILES string of the molecule is CCc1cccc(Cc2cccc(C)c2OC(=S)Nc2ccccc2)c1O. The Morgan fingerprint density at radius 2 is 1.59 bits per heavy atom. The van der Waals surface area contributed by atoms with Gasteiger partial charge in [0.15, 0.2) is 0 Å². The van der Waals surface area contributed by atoms with Crippen molar-refractivity contribution in [2.24, 2.45) is 0 Å². The maximum Gasteiger partial charge on any atom is 0.266 e. The van der Waals surface area contributed by atoms with Gasteiger partial charge in [0, 0.05) is 12.1 Å². The largest absolute Gasteiger partial charge is 0.507 e. The summed E-state index contributed by atoms with van der Waals surface area (Å²) < 4.78 is 5.99. The van der Waals surface area contributed by atoms with Crippen LogP contribution in [-0.4, -0.2) is 10.3 Å². The van der Waals surface area contributed by atoms with Gasteiger partial charge in [-0.25, -0.2) is 0 Å². The lowest BCUT2D eigenvalue weighted by Crippen LogP contribution is -2.17. The normalized spacial score (nSPS) is 10.4. The quantitative estimate of drug-likeness (QED) is 0.566. The van der Waals surface area contributed by atoms with E-state index in [-0.39, 0.29) is 0 Å². The van der Waals surface area contributed by atoms with Crippen LogP contribution in [0.4, 0.5) is 5.69 Å². The number of thiocarbonyl (C=S) groups is 1. The molecule has 0 aliphatic rings. The molecule has 0 unspecified atom stereocenters. The second-order valence-electron chi connectivity index (χ2n) is 6.40. The molecule has 4 heteroatoms. The number of rotatable bonds is 5. The number of hydrogen-bond donors (Lipinski definition) is 2. The number of aromatic hydroxyl groups is 1. The van der Waals surface area contributed by atoms with Crippen molar-refractivity contribution in [1.29, 1.82) is 0 Å². The summed E-state index contributed by atoms with van der Waals surface area (Å²) in [6.45, 7) is 4.03. The van der Waals surface area contributed by atoms with E-state index in [1.54, 1.807) is 0 Å². The van der Waals surface area contributed by atoms with Crippen LogP contribution in [0.25, 0.3) is 0 Å². The van der Waals surface area contributed by atoms with Crippen molar-refractivity contribution >= 4 is 23.1 Å². The summed E-state index contributed by atoms with van der Waals surface area (Å²) in [5, 5.41) is 13.9. The Morgan fingerprint density at radius 1 is 0.926 bits per heavy atom. The van der Waals surface area contributed by atoms with Crippen LogP contribution in [0.2, 0.25) is 0 Å². The monoisotopic (exact) mass is 377 g/mol. The predicted molar refractivity (Wildman–Crippen MR) is 115 cm³/mol. The number of ether oxygens (including phenoxy) is 1. The second kappa shape index (κ2) is 8.69. The molecule has 0 atom stereocenters. The van der Waals surface area contributed by atoms with Gasteiger partial charge in [0.05, 0.1) is 0 Å². The molecule has 0 aliphatic heterocycles. The molecule has 0 aliphatic carbocycles. The van der Waals surface area contributed by atoms with E-state index in [1.807, 2.05) is 80.6 Å². The van der Waals surface area contributed by atoms with Gasteiger partial charge < -0.3 is 15.2 Å². The molecule has 0 bridgehead atoms. The van der Waals surface area contributed by atoms with Gasteiger partial charge in [-0.15, -0.1) is 0 Å². The third-order valence-electron chi connectivity index (χ3n) is 4.47. The van der Waals surface area contributed by atoms with Gasteiger partial charge in [0.1, 0.15) is 11.5 Å². The molecule has 0 fully saturated rings. The highest BCUT2D eigenvalue weighted by Crippen LogP contribution is 2.31. The number of phenols is 1. The Balaban J connectivity index is 1.84. The fourth-order valence-corrected chi connectivity index (χ4v) is 3.23. The van der Waals surface area contributed by atoms with Crippen molar-refractivity contribution in [2.45, 2.75) is 26.7 Å². The molecule has 0 saturated carbocycles. The Hall–Kier alpha value is -2.85. The fraction of sp³-hybridized carbons (Fsp3) is 0.174. The van der Waals surface area contributed by atoms with E-state index in [0.717, 1.165) is 40.1 Å². The minimum Gasteiger partial charge on any atom is -0.507 e. The zero-order valence-corrected chi connectivity index (χ0v) is 16.3. The number of anilines is 1. The van der Waals surface area contributed by atoms with Gasteiger partial charge in [0.2, 0.25) is 0 Å². The van der Waals surface area contributed by atoms with Gasteiger partial charge in [-0.05, 0) is 59.9 Å². The fourth-order valence-electron chi connectivity index (χ4n) is 3.03. The Morgan fingerprint density at radius 3 is 2.33 bits per heavy atom. The zero-order valence-electron chi connectivity index (χ0n) is 15.5. The Bertz CT molecular complexity index is 938. The van der Waals surface area contributed by atoms with Crippen LogP contribution in [-0.2, 0) is 12.8 Å². The van der Waals surface area contributed by atoms with E-state index >= 15 is 0 Å². The van der Waals surface area contributed by atoms with E-state index in [1.165, 1.54) is 0 Å². The van der Waals surface area contributed by atoms with Crippen molar-refractivity contribution in [1.82, 2.24) is 0 Å². The van der Waals surface area contributed by atoms with Crippen molar-refractivity contribution in [3.05, 3.63) is 89.0 Å². The molecule has 0 aromatic heterocycles. The van der Waals surface area contributed by atoms with Crippen molar-refractivity contribution in [3.8, 4) is 11.5 Å². The Labute approximate surface area is 165 Å². The molecule has 0 spiro atoms. The van der Waals surface area contributed by atoms with Crippen LogP contribution in [0.3, 0.4) is 0 Å². The minimum absolute atomic E-state index is 0.295. The summed E-state index contributed by atoms with van der Waals surface area (Å²) in [4.78, 5) is 0. The highest BCUT2D eigenvalue weighted by atomic mass is 32.1. The molecule has 3 rings (SSSR count). The third-order valence-corrected chi connectivity index (χ3v) is 4.66. The van der Waals surface area contributed by atoms with Crippen LogP contribution >= 0.6 is 12.2 Å². The number of benzene rings is 3. The van der Waals surface area contributed by atoms with Crippen molar-refractivity contribution in [3.63, 3.8) is 0 Å². The third kappa shape index (κ3) is 4.66. The maximum absolute atomic E-state index is 10.5. The van der Waals surface area contributed by atoms with Gasteiger partial charge >= 0.3 is 0 Å². The number of phenolic OH excluding ortho intramolecular Hbond substituents is 1. The summed E-state index contributed by atoms with van der Waals surface area (Å²) >= 11 is 5.38. The van der Waals surface area contributed by atoms with E-state index in [4.69, 9.17) is 17.0 Å². The standard InChI is InChI=1S/C23H23NO2S/c1-3-17-10-8-11-18(21(17)25)15-19-12-7-9-16(2)22(19)26-23(27)24-20-13-5-4-6-14-20/h4-14,25H,3,15H2,1-2H3,(H,24,27). The maximum atomic E-state index is 10.5. The molecule has 0 heterocycles. The van der Waals surface area contributed by atoms with Gasteiger partial charge in [-0.3, -0.25) is 0 Å². The lowest BCUT2D eigenvalue weighted by Gasteiger charge is -2.16. The van der Waals surface area contributed by atoms with Crippen molar-refractivity contribution < 1.29 is 9.84 Å². The van der Waals surface area contributed by atoms with Crippen LogP contribution in [0.15, 0.2) is 66.7 Å². The molecule has 3 aromatic rings. The molecular weight excluding hydrogens is 354 g/mol. The summed E-state index contributed by atoms with van der Waals surface area (Å²) in [6, 6.07) is 21.6. The van der Waals surface area contributed by atoms with E-state index < -0.39 is 0 Å². The molecule has 138 valence electrons. The highest BCUT2D eigenvalue weighted by molar-refractivity contribution is 7.80. The first kappa shape index (κ1) is 18.9. The topological polar surface area (TPSA) is 41.5 Å². The summed E-state index contributed by atoms with van der Waals surface area (Å²) in [6.07, 6.45) is 1.37. The van der Waals surface area contributed by atoms with Crippen LogP contribution in [0, 0.1) is 6.92 Å². The van der Waals surface area contributed by atoms with E-state index in [2.05, 4.69) is 5.32 Å². The minimum atomic E-state index is 0.295. The summed E-state index contributed by atoms with van der Waals surface area (Å²) in [5.41, 5.74) is 4.69. The molecule has 3 aromatic carbocycles. The lowest BCUT2D eigenvalue weighted by molar-refractivity contribution is 0.462. The zero-order chi connectivity index (χ0) is 19.2.